The molecule has 5 heteroatoms. The summed E-state index contributed by atoms with van der Waals surface area (Å²) in [5.74, 6) is -0.137. The maximum Gasteiger partial charge on any atom is 0.234 e. The Morgan fingerprint density at radius 2 is 1.48 bits per heavy atom. The van der Waals surface area contributed by atoms with E-state index >= 15 is 0 Å². The van der Waals surface area contributed by atoms with Crippen molar-refractivity contribution >= 4 is 11.8 Å². The first-order chi connectivity index (χ1) is 13.1. The highest BCUT2D eigenvalue weighted by atomic mass is 16.2. The first-order valence-electron chi connectivity index (χ1n) is 9.49. The lowest BCUT2D eigenvalue weighted by Crippen LogP contribution is -2.43. The summed E-state index contributed by atoms with van der Waals surface area (Å²) in [4.78, 5) is 26.3. The quantitative estimate of drug-likeness (QED) is 0.678. The summed E-state index contributed by atoms with van der Waals surface area (Å²) in [7, 11) is 0. The van der Waals surface area contributed by atoms with Gasteiger partial charge in [-0.1, -0.05) is 67.6 Å². The van der Waals surface area contributed by atoms with Gasteiger partial charge in [-0.3, -0.25) is 14.5 Å². The fourth-order valence-corrected chi connectivity index (χ4v) is 2.97. The highest BCUT2D eigenvalue weighted by Crippen LogP contribution is 2.18. The monoisotopic (exact) mass is 367 g/mol. The van der Waals surface area contributed by atoms with Crippen LogP contribution in [0.5, 0.6) is 0 Å². The third-order valence-electron chi connectivity index (χ3n) is 4.38. The number of nitrogens with one attached hydrogen (secondary N) is 2. The topological polar surface area (TPSA) is 61.4 Å². The van der Waals surface area contributed by atoms with Crippen LogP contribution in [0.2, 0.25) is 0 Å². The maximum atomic E-state index is 12.6. The first-order valence-corrected chi connectivity index (χ1v) is 9.49. The number of benzene rings is 2. The van der Waals surface area contributed by atoms with Crippen molar-refractivity contribution in [3.8, 4) is 0 Å². The Kier molecular flexibility index (Phi) is 8.52. The van der Waals surface area contributed by atoms with Gasteiger partial charge in [-0.2, -0.15) is 0 Å². The van der Waals surface area contributed by atoms with E-state index in [0.29, 0.717) is 13.1 Å². The van der Waals surface area contributed by atoms with Crippen LogP contribution in [0.1, 0.15) is 31.0 Å². The third kappa shape index (κ3) is 7.23. The van der Waals surface area contributed by atoms with Crippen LogP contribution in [-0.2, 0) is 16.0 Å². The van der Waals surface area contributed by atoms with E-state index in [4.69, 9.17) is 0 Å². The average Bonchev–Trinajstić information content (AvgIpc) is 2.68. The minimum Gasteiger partial charge on any atom is -0.355 e. The summed E-state index contributed by atoms with van der Waals surface area (Å²) in [6.45, 7) is 5.49. The fraction of sp³-hybridized carbons (Fsp3) is 0.364. The molecule has 2 amide bonds. The van der Waals surface area contributed by atoms with Crippen LogP contribution < -0.4 is 10.6 Å². The predicted molar refractivity (Wildman–Crippen MR) is 108 cm³/mol. The summed E-state index contributed by atoms with van der Waals surface area (Å²) in [5, 5.41) is 5.91. The molecule has 0 radical (unpaired) electrons. The molecular formula is C22H29N3O2. The standard InChI is InChI=1S/C22H29N3O2/c1-3-23-21(26)16-25(4-2)17-22(27)24-20(19-13-9-6-10-14-19)15-18-11-7-5-8-12-18/h5-14,20H,3-4,15-17H2,1-2H3,(H,23,26)(H,24,27)/t20-/m0/s1. The summed E-state index contributed by atoms with van der Waals surface area (Å²) < 4.78 is 0. The lowest BCUT2D eigenvalue weighted by atomic mass is 9.99. The molecule has 2 rings (SSSR count). The molecule has 27 heavy (non-hydrogen) atoms. The third-order valence-corrected chi connectivity index (χ3v) is 4.38. The second-order valence-electron chi connectivity index (χ2n) is 6.48. The number of hydrogen-bond acceptors (Lipinski definition) is 3. The number of carbonyl (C=O) groups is 2. The average molecular weight is 367 g/mol. The van der Waals surface area contributed by atoms with E-state index in [2.05, 4.69) is 22.8 Å². The van der Waals surface area contributed by atoms with Gasteiger partial charge in [-0.05, 0) is 31.0 Å². The van der Waals surface area contributed by atoms with E-state index in [-0.39, 0.29) is 30.9 Å². The second-order valence-corrected chi connectivity index (χ2v) is 6.48. The zero-order valence-electron chi connectivity index (χ0n) is 16.2. The Balaban J connectivity index is 2.03. The fourth-order valence-electron chi connectivity index (χ4n) is 2.97. The van der Waals surface area contributed by atoms with Gasteiger partial charge < -0.3 is 10.6 Å². The van der Waals surface area contributed by atoms with Crippen molar-refractivity contribution in [3.05, 3.63) is 71.8 Å². The molecular weight excluding hydrogens is 338 g/mol. The van der Waals surface area contributed by atoms with Crippen molar-refractivity contribution < 1.29 is 9.59 Å². The molecule has 2 N–H and O–H groups in total. The molecule has 0 unspecified atom stereocenters. The molecule has 0 fully saturated rings. The molecule has 0 aliphatic heterocycles. The van der Waals surface area contributed by atoms with Gasteiger partial charge in [0.1, 0.15) is 0 Å². The molecule has 0 aromatic heterocycles. The van der Waals surface area contributed by atoms with Gasteiger partial charge >= 0.3 is 0 Å². The van der Waals surface area contributed by atoms with Crippen molar-refractivity contribution in [2.45, 2.75) is 26.3 Å². The molecule has 0 spiro atoms. The number of nitrogens with zero attached hydrogens (tertiary/aromatic N) is 1. The van der Waals surface area contributed by atoms with E-state index < -0.39 is 0 Å². The van der Waals surface area contributed by atoms with Gasteiger partial charge in [0.05, 0.1) is 19.1 Å². The summed E-state index contributed by atoms with van der Waals surface area (Å²) in [6, 6.07) is 20.0. The molecule has 2 aromatic carbocycles. The van der Waals surface area contributed by atoms with Crippen LogP contribution in [0.3, 0.4) is 0 Å². The van der Waals surface area contributed by atoms with Gasteiger partial charge in [-0.15, -0.1) is 0 Å². The van der Waals surface area contributed by atoms with Gasteiger partial charge in [-0.25, -0.2) is 0 Å². The minimum absolute atomic E-state index is 0.0592. The molecule has 5 nitrogen and oxygen atoms in total. The smallest absolute Gasteiger partial charge is 0.234 e. The molecule has 1 atom stereocenters. The number of amides is 2. The highest BCUT2D eigenvalue weighted by Gasteiger charge is 2.18. The largest absolute Gasteiger partial charge is 0.355 e. The van der Waals surface area contributed by atoms with Gasteiger partial charge in [0.2, 0.25) is 11.8 Å². The van der Waals surface area contributed by atoms with E-state index in [1.807, 2.05) is 67.3 Å². The Labute approximate surface area is 161 Å². The molecule has 0 saturated heterocycles. The lowest BCUT2D eigenvalue weighted by Gasteiger charge is -2.23. The molecule has 144 valence electrons. The summed E-state index contributed by atoms with van der Waals surface area (Å²) >= 11 is 0. The van der Waals surface area contributed by atoms with Crippen LogP contribution in [0, 0.1) is 0 Å². The van der Waals surface area contributed by atoms with Crippen molar-refractivity contribution in [2.75, 3.05) is 26.2 Å². The molecule has 0 saturated carbocycles. The molecule has 2 aromatic rings. The zero-order valence-corrected chi connectivity index (χ0v) is 16.2. The SMILES string of the molecule is CCNC(=O)CN(CC)CC(=O)N[C@@H](Cc1ccccc1)c1ccccc1. The van der Waals surface area contributed by atoms with E-state index in [1.54, 1.807) is 0 Å². The first kappa shape index (κ1) is 20.6. The summed E-state index contributed by atoms with van der Waals surface area (Å²) in [5.41, 5.74) is 2.24. The van der Waals surface area contributed by atoms with Crippen LogP contribution in [-0.4, -0.2) is 42.9 Å². The van der Waals surface area contributed by atoms with E-state index in [9.17, 15) is 9.59 Å². The van der Waals surface area contributed by atoms with Crippen molar-refractivity contribution in [1.29, 1.82) is 0 Å². The normalized spacial score (nSPS) is 11.8. The van der Waals surface area contributed by atoms with Crippen LogP contribution in [0.25, 0.3) is 0 Å². The van der Waals surface area contributed by atoms with Gasteiger partial charge in [0, 0.05) is 6.54 Å². The number of carbonyl (C=O) groups excluding carboxylic acids is 2. The van der Waals surface area contributed by atoms with Crippen LogP contribution in [0.4, 0.5) is 0 Å². The van der Waals surface area contributed by atoms with E-state index in [1.165, 1.54) is 5.56 Å². The zero-order chi connectivity index (χ0) is 19.5. The van der Waals surface area contributed by atoms with Crippen molar-refractivity contribution in [3.63, 3.8) is 0 Å². The minimum atomic E-state index is -0.107. The number of rotatable bonds is 10. The molecule has 0 aliphatic rings. The number of hydrogen-bond donors (Lipinski definition) is 2. The van der Waals surface area contributed by atoms with Crippen LogP contribution in [0.15, 0.2) is 60.7 Å². The molecule has 0 aliphatic carbocycles. The second kappa shape index (κ2) is 11.1. The highest BCUT2D eigenvalue weighted by molar-refractivity contribution is 5.81. The molecule has 0 bridgehead atoms. The number of likely N-dealkylation sites (N-methyl/N-ethyl adjacent to an activating group) is 2. The predicted octanol–water partition coefficient (Wildman–Crippen LogP) is 2.54. The maximum absolute atomic E-state index is 12.6. The summed E-state index contributed by atoms with van der Waals surface area (Å²) in [6.07, 6.45) is 0.721. The Morgan fingerprint density at radius 3 is 2.07 bits per heavy atom. The Bertz CT molecular complexity index is 704. The Morgan fingerprint density at radius 1 is 0.889 bits per heavy atom. The molecule has 0 heterocycles. The van der Waals surface area contributed by atoms with E-state index in [0.717, 1.165) is 12.0 Å². The Hall–Kier alpha value is -2.66. The van der Waals surface area contributed by atoms with Crippen molar-refractivity contribution in [2.24, 2.45) is 0 Å². The van der Waals surface area contributed by atoms with Gasteiger partial charge in [0.15, 0.2) is 0 Å². The lowest BCUT2D eigenvalue weighted by molar-refractivity contribution is -0.125. The van der Waals surface area contributed by atoms with Crippen molar-refractivity contribution in [1.82, 2.24) is 15.5 Å². The van der Waals surface area contributed by atoms with Crippen LogP contribution >= 0.6 is 0 Å². The van der Waals surface area contributed by atoms with Gasteiger partial charge in [0.25, 0.3) is 0 Å².